The van der Waals surface area contributed by atoms with Crippen molar-refractivity contribution in [2.24, 2.45) is 0 Å². The number of thiol groups is 1. The molecule has 0 aliphatic carbocycles. The fraction of sp³-hybridized carbons (Fsp3) is 0.0714. The van der Waals surface area contributed by atoms with E-state index in [0.717, 1.165) is 5.69 Å². The van der Waals surface area contributed by atoms with E-state index in [0.29, 0.717) is 10.5 Å². The highest BCUT2D eigenvalue weighted by atomic mass is 32.1. The third kappa shape index (κ3) is 2.50. The zero-order chi connectivity index (χ0) is 12.3. The fourth-order valence-corrected chi connectivity index (χ4v) is 1.86. The van der Waals surface area contributed by atoms with Gasteiger partial charge in [0.05, 0.1) is 5.56 Å². The number of nitrogens with zero attached hydrogens (tertiary/aromatic N) is 1. The molecule has 0 spiro atoms. The molecule has 0 aliphatic rings. The Morgan fingerprint density at radius 2 is 1.59 bits per heavy atom. The summed E-state index contributed by atoms with van der Waals surface area (Å²) >= 11 is 4.30. The molecule has 0 aromatic heterocycles. The number of hydrogen-bond acceptors (Lipinski definition) is 2. The highest BCUT2D eigenvalue weighted by Crippen LogP contribution is 2.19. The molecule has 0 fully saturated rings. The van der Waals surface area contributed by atoms with E-state index < -0.39 is 0 Å². The van der Waals surface area contributed by atoms with Crippen LogP contribution in [-0.2, 0) is 0 Å². The Labute approximate surface area is 106 Å². The van der Waals surface area contributed by atoms with Crippen molar-refractivity contribution in [2.45, 2.75) is 4.90 Å². The molecule has 0 aliphatic heterocycles. The molecule has 1 amide bonds. The van der Waals surface area contributed by atoms with Gasteiger partial charge >= 0.3 is 0 Å². The van der Waals surface area contributed by atoms with Crippen LogP contribution in [0, 0.1) is 0 Å². The first kappa shape index (κ1) is 11.7. The Bertz CT molecular complexity index is 525. The summed E-state index contributed by atoms with van der Waals surface area (Å²) < 4.78 is 0. The van der Waals surface area contributed by atoms with Gasteiger partial charge in [0.25, 0.3) is 5.91 Å². The fourth-order valence-electron chi connectivity index (χ4n) is 1.60. The van der Waals surface area contributed by atoms with E-state index >= 15 is 0 Å². The third-order valence-electron chi connectivity index (χ3n) is 2.58. The number of anilines is 1. The van der Waals surface area contributed by atoms with Crippen molar-refractivity contribution in [2.75, 3.05) is 11.9 Å². The molecule has 86 valence electrons. The van der Waals surface area contributed by atoms with E-state index in [1.54, 1.807) is 18.0 Å². The van der Waals surface area contributed by atoms with Gasteiger partial charge in [-0.15, -0.1) is 12.6 Å². The Morgan fingerprint density at radius 1 is 1.00 bits per heavy atom. The minimum atomic E-state index is -0.0539. The summed E-state index contributed by atoms with van der Waals surface area (Å²) in [5.74, 6) is -0.0539. The molecule has 0 heterocycles. The topological polar surface area (TPSA) is 20.3 Å². The molecule has 2 aromatic rings. The van der Waals surface area contributed by atoms with Crippen LogP contribution in [0.3, 0.4) is 0 Å². The minimum absolute atomic E-state index is 0.0539. The highest BCUT2D eigenvalue weighted by Gasteiger charge is 2.14. The predicted molar refractivity (Wildman–Crippen MR) is 72.9 cm³/mol. The first-order valence-corrected chi connectivity index (χ1v) is 5.76. The van der Waals surface area contributed by atoms with Gasteiger partial charge in [-0.3, -0.25) is 4.79 Å². The maximum Gasteiger partial charge on any atom is 0.259 e. The van der Waals surface area contributed by atoms with Crippen molar-refractivity contribution < 1.29 is 4.79 Å². The lowest BCUT2D eigenvalue weighted by Gasteiger charge is -2.18. The maximum absolute atomic E-state index is 12.2. The highest BCUT2D eigenvalue weighted by molar-refractivity contribution is 7.80. The standard InChI is InChI=1S/C14H13NOS/c1-15(11-7-3-2-4-8-11)14(16)12-9-5-6-10-13(12)17/h2-10,17H,1H3. The largest absolute Gasteiger partial charge is 0.311 e. The zero-order valence-electron chi connectivity index (χ0n) is 9.50. The molecule has 0 unspecified atom stereocenters. The van der Waals surface area contributed by atoms with Gasteiger partial charge in [0.1, 0.15) is 0 Å². The Hall–Kier alpha value is -1.74. The van der Waals surface area contributed by atoms with E-state index in [2.05, 4.69) is 12.6 Å². The molecule has 2 rings (SSSR count). The third-order valence-corrected chi connectivity index (χ3v) is 2.97. The predicted octanol–water partition coefficient (Wildman–Crippen LogP) is 3.25. The van der Waals surface area contributed by atoms with Crippen molar-refractivity contribution in [3.05, 3.63) is 60.2 Å². The van der Waals surface area contributed by atoms with Crippen LogP contribution in [0.25, 0.3) is 0 Å². The molecule has 0 radical (unpaired) electrons. The molecule has 0 saturated carbocycles. The van der Waals surface area contributed by atoms with E-state index in [4.69, 9.17) is 0 Å². The summed E-state index contributed by atoms with van der Waals surface area (Å²) in [6.45, 7) is 0. The van der Waals surface area contributed by atoms with Gasteiger partial charge in [-0.2, -0.15) is 0 Å². The lowest BCUT2D eigenvalue weighted by atomic mass is 10.2. The van der Waals surface area contributed by atoms with E-state index in [9.17, 15) is 4.79 Å². The SMILES string of the molecule is CN(C(=O)c1ccccc1S)c1ccccc1. The van der Waals surface area contributed by atoms with Gasteiger partial charge in [0, 0.05) is 17.6 Å². The lowest BCUT2D eigenvalue weighted by molar-refractivity contribution is 0.0990. The number of carbonyl (C=O) groups is 1. The van der Waals surface area contributed by atoms with Crippen molar-refractivity contribution >= 4 is 24.2 Å². The van der Waals surface area contributed by atoms with Crippen LogP contribution in [0.15, 0.2) is 59.5 Å². The van der Waals surface area contributed by atoms with Gasteiger partial charge in [0.15, 0.2) is 0 Å². The second-order valence-electron chi connectivity index (χ2n) is 3.72. The van der Waals surface area contributed by atoms with Crippen LogP contribution < -0.4 is 4.90 Å². The Balaban J connectivity index is 2.30. The van der Waals surface area contributed by atoms with Gasteiger partial charge in [-0.1, -0.05) is 30.3 Å². The summed E-state index contributed by atoms with van der Waals surface area (Å²) in [5.41, 5.74) is 1.48. The molecular formula is C14H13NOS. The summed E-state index contributed by atoms with van der Waals surface area (Å²) in [6.07, 6.45) is 0. The van der Waals surface area contributed by atoms with Crippen LogP contribution in [0.5, 0.6) is 0 Å². The normalized spacial score (nSPS) is 10.0. The second kappa shape index (κ2) is 5.06. The molecule has 0 atom stereocenters. The number of benzene rings is 2. The van der Waals surface area contributed by atoms with Gasteiger partial charge in [-0.25, -0.2) is 0 Å². The quantitative estimate of drug-likeness (QED) is 0.803. The molecule has 0 N–H and O–H groups in total. The monoisotopic (exact) mass is 243 g/mol. The average Bonchev–Trinajstić information content (AvgIpc) is 2.39. The summed E-state index contributed by atoms with van der Waals surface area (Å²) in [5, 5.41) is 0. The summed E-state index contributed by atoms with van der Waals surface area (Å²) in [7, 11) is 1.76. The van der Waals surface area contributed by atoms with Crippen molar-refractivity contribution in [3.8, 4) is 0 Å². The number of para-hydroxylation sites is 1. The van der Waals surface area contributed by atoms with Crippen LogP contribution in [0.2, 0.25) is 0 Å². The molecule has 2 nitrogen and oxygen atoms in total. The van der Waals surface area contributed by atoms with Gasteiger partial charge in [-0.05, 0) is 24.3 Å². The first-order valence-electron chi connectivity index (χ1n) is 5.31. The molecule has 17 heavy (non-hydrogen) atoms. The van der Waals surface area contributed by atoms with Crippen LogP contribution in [0.1, 0.15) is 10.4 Å². The van der Waals surface area contributed by atoms with Gasteiger partial charge < -0.3 is 4.90 Å². The van der Waals surface area contributed by atoms with Crippen LogP contribution >= 0.6 is 12.6 Å². The Kier molecular flexibility index (Phi) is 3.49. The molecular weight excluding hydrogens is 230 g/mol. The number of rotatable bonds is 2. The first-order chi connectivity index (χ1) is 8.20. The smallest absolute Gasteiger partial charge is 0.259 e. The van der Waals surface area contributed by atoms with Gasteiger partial charge in [0.2, 0.25) is 0 Å². The van der Waals surface area contributed by atoms with E-state index in [1.807, 2.05) is 48.5 Å². The summed E-state index contributed by atoms with van der Waals surface area (Å²) in [6, 6.07) is 16.8. The molecule has 0 bridgehead atoms. The molecule has 2 aromatic carbocycles. The second-order valence-corrected chi connectivity index (χ2v) is 4.20. The molecule has 3 heteroatoms. The Morgan fingerprint density at radius 3 is 2.24 bits per heavy atom. The van der Waals surface area contributed by atoms with Crippen molar-refractivity contribution in [3.63, 3.8) is 0 Å². The minimum Gasteiger partial charge on any atom is -0.311 e. The van der Waals surface area contributed by atoms with Crippen LogP contribution in [-0.4, -0.2) is 13.0 Å². The number of carbonyl (C=O) groups excluding carboxylic acids is 1. The molecule has 0 saturated heterocycles. The number of hydrogen-bond donors (Lipinski definition) is 1. The van der Waals surface area contributed by atoms with Crippen molar-refractivity contribution in [1.82, 2.24) is 0 Å². The van der Waals surface area contributed by atoms with Crippen molar-refractivity contribution in [1.29, 1.82) is 0 Å². The van der Waals surface area contributed by atoms with E-state index in [1.165, 1.54) is 0 Å². The summed E-state index contributed by atoms with van der Waals surface area (Å²) in [4.78, 5) is 14.6. The van der Waals surface area contributed by atoms with E-state index in [-0.39, 0.29) is 5.91 Å². The lowest BCUT2D eigenvalue weighted by Crippen LogP contribution is -2.26. The maximum atomic E-state index is 12.2. The zero-order valence-corrected chi connectivity index (χ0v) is 10.4. The number of amides is 1. The average molecular weight is 243 g/mol. The van der Waals surface area contributed by atoms with Crippen LogP contribution in [0.4, 0.5) is 5.69 Å².